The molecule has 0 bridgehead atoms. The molecule has 2 N–H and O–H groups in total. The zero-order chi connectivity index (χ0) is 31.7. The fourth-order valence-electron chi connectivity index (χ4n) is 5.29. The van der Waals surface area contributed by atoms with E-state index in [-0.39, 0.29) is 17.0 Å². The Balaban J connectivity index is 1.44. The number of aromatic carboxylic acids is 1. The highest BCUT2D eigenvalue weighted by Gasteiger charge is 2.32. The normalized spacial score (nSPS) is 14.6. The molecule has 1 atom stereocenters. The van der Waals surface area contributed by atoms with Gasteiger partial charge in [0.1, 0.15) is 17.3 Å². The maximum absolute atomic E-state index is 14.1. The summed E-state index contributed by atoms with van der Waals surface area (Å²) in [4.78, 5) is 44.5. The van der Waals surface area contributed by atoms with Crippen LogP contribution >= 0.6 is 11.3 Å². The van der Waals surface area contributed by atoms with Crippen molar-refractivity contribution in [2.24, 2.45) is 4.99 Å². The van der Waals surface area contributed by atoms with Crippen LogP contribution in [0.25, 0.3) is 17.4 Å². The molecule has 0 aliphatic carbocycles. The molecule has 5 aromatic rings. The second-order valence-corrected chi connectivity index (χ2v) is 11.4. The van der Waals surface area contributed by atoms with Crippen molar-refractivity contribution in [3.8, 4) is 17.1 Å². The summed E-state index contributed by atoms with van der Waals surface area (Å²) in [6, 6.07) is 24.1. The van der Waals surface area contributed by atoms with Gasteiger partial charge in [-0.1, -0.05) is 47.7 Å². The molecule has 0 saturated carbocycles. The zero-order valence-corrected chi connectivity index (χ0v) is 25.6. The van der Waals surface area contributed by atoms with Crippen molar-refractivity contribution in [1.29, 1.82) is 0 Å². The van der Waals surface area contributed by atoms with Gasteiger partial charge < -0.3 is 19.6 Å². The number of benzene rings is 3. The number of thiazole rings is 1. The first-order chi connectivity index (χ1) is 21.7. The van der Waals surface area contributed by atoms with E-state index in [1.807, 2.05) is 56.3 Å². The molecule has 3 heterocycles. The van der Waals surface area contributed by atoms with Gasteiger partial charge in [-0.15, -0.1) is 0 Å². The zero-order valence-electron chi connectivity index (χ0n) is 24.7. The lowest BCUT2D eigenvalue weighted by atomic mass is 9.95. The van der Waals surface area contributed by atoms with Crippen molar-refractivity contribution < 1.29 is 23.8 Å². The number of carbonyl (C=O) groups excluding carboxylic acids is 1. The Bertz CT molecular complexity index is 2140. The van der Waals surface area contributed by atoms with E-state index >= 15 is 0 Å². The van der Waals surface area contributed by atoms with E-state index in [1.54, 1.807) is 60.0 Å². The predicted molar refractivity (Wildman–Crippen MR) is 172 cm³/mol. The summed E-state index contributed by atoms with van der Waals surface area (Å²) >= 11 is 1.20. The van der Waals surface area contributed by atoms with Gasteiger partial charge in [0, 0.05) is 17.3 Å². The number of furan rings is 1. The lowest BCUT2D eigenvalue weighted by molar-refractivity contribution is -0.113. The van der Waals surface area contributed by atoms with Crippen molar-refractivity contribution >= 4 is 35.0 Å². The average Bonchev–Trinajstić information content (AvgIpc) is 3.61. The van der Waals surface area contributed by atoms with Crippen molar-refractivity contribution in [2.45, 2.75) is 26.8 Å². The Labute approximate surface area is 262 Å². The van der Waals surface area contributed by atoms with Crippen LogP contribution in [-0.2, 0) is 4.79 Å². The Kier molecular flexibility index (Phi) is 8.06. The molecule has 0 radical (unpaired) electrons. The van der Waals surface area contributed by atoms with Gasteiger partial charge >= 0.3 is 5.97 Å². The van der Waals surface area contributed by atoms with Gasteiger partial charge in [-0.3, -0.25) is 14.2 Å². The minimum absolute atomic E-state index is 0.152. The summed E-state index contributed by atoms with van der Waals surface area (Å²) in [6.45, 7) is 6.05. The number of carboxylic acid groups (broad SMARTS) is 1. The summed E-state index contributed by atoms with van der Waals surface area (Å²) in [7, 11) is 0. The lowest BCUT2D eigenvalue weighted by Crippen LogP contribution is -2.40. The summed E-state index contributed by atoms with van der Waals surface area (Å²) in [5.74, 6) is 0.203. The Morgan fingerprint density at radius 2 is 1.80 bits per heavy atom. The van der Waals surface area contributed by atoms with Gasteiger partial charge in [0.2, 0.25) is 0 Å². The number of amides is 1. The number of rotatable bonds is 8. The van der Waals surface area contributed by atoms with Crippen LogP contribution < -0.4 is 24.9 Å². The number of carbonyl (C=O) groups is 2. The molecule has 45 heavy (non-hydrogen) atoms. The number of fused-ring (bicyclic) bond motifs is 1. The van der Waals surface area contributed by atoms with Crippen molar-refractivity contribution in [2.75, 3.05) is 11.9 Å². The second kappa shape index (κ2) is 12.3. The van der Waals surface area contributed by atoms with Crippen LogP contribution in [0.5, 0.6) is 5.75 Å². The third-order valence-electron chi connectivity index (χ3n) is 7.45. The standard InChI is InChI=1S/C35H29N3O6S/c1-4-43-25-14-12-22(13-15-25)31-30(32(39)37-24-8-6-5-7-9-24)21(3)36-35-38(31)33(40)29(45-35)19-26-16-17-28(44-26)27-18-23(34(41)42)11-10-20(27)2/h5-19,31H,4H2,1-3H3,(H,37,39)(H,41,42)/b29-19-/t31-/m0/s1. The van der Waals surface area contributed by atoms with Gasteiger partial charge in [-0.2, -0.15) is 0 Å². The van der Waals surface area contributed by atoms with Crippen LogP contribution in [0.4, 0.5) is 5.69 Å². The highest BCUT2D eigenvalue weighted by molar-refractivity contribution is 7.07. The largest absolute Gasteiger partial charge is 0.494 e. The highest BCUT2D eigenvalue weighted by atomic mass is 32.1. The van der Waals surface area contributed by atoms with Gasteiger partial charge in [-0.05, 0) is 80.4 Å². The van der Waals surface area contributed by atoms with E-state index in [4.69, 9.17) is 14.1 Å². The van der Waals surface area contributed by atoms with E-state index in [0.717, 1.165) is 11.1 Å². The topological polar surface area (TPSA) is 123 Å². The number of nitrogens with one attached hydrogen (secondary N) is 1. The number of hydrogen-bond acceptors (Lipinski definition) is 7. The van der Waals surface area contributed by atoms with Crippen LogP contribution in [0.3, 0.4) is 0 Å². The molecule has 9 nitrogen and oxygen atoms in total. The number of anilines is 1. The molecule has 1 aliphatic rings. The maximum atomic E-state index is 14.1. The predicted octanol–water partition coefficient (Wildman–Crippen LogP) is 5.54. The molecule has 0 fully saturated rings. The summed E-state index contributed by atoms with van der Waals surface area (Å²) < 4.78 is 13.6. The first kappa shape index (κ1) is 29.6. The molecule has 3 aromatic carbocycles. The van der Waals surface area contributed by atoms with E-state index in [1.165, 1.54) is 11.3 Å². The monoisotopic (exact) mass is 619 g/mol. The first-order valence-corrected chi connectivity index (χ1v) is 15.1. The van der Waals surface area contributed by atoms with Crippen LogP contribution in [0.1, 0.15) is 47.1 Å². The van der Waals surface area contributed by atoms with Crippen LogP contribution in [-0.4, -0.2) is 28.2 Å². The molecular weight excluding hydrogens is 590 g/mol. The molecule has 0 unspecified atom stereocenters. The summed E-state index contributed by atoms with van der Waals surface area (Å²) in [6.07, 6.45) is 1.64. The minimum atomic E-state index is -1.03. The minimum Gasteiger partial charge on any atom is -0.494 e. The van der Waals surface area contributed by atoms with Crippen molar-refractivity contribution in [3.63, 3.8) is 0 Å². The van der Waals surface area contributed by atoms with E-state index in [9.17, 15) is 19.5 Å². The number of aryl methyl sites for hydroxylation is 1. The van der Waals surface area contributed by atoms with E-state index in [2.05, 4.69) is 5.32 Å². The average molecular weight is 620 g/mol. The molecule has 1 aliphatic heterocycles. The number of ether oxygens (including phenoxy) is 1. The Morgan fingerprint density at radius 3 is 2.51 bits per heavy atom. The van der Waals surface area contributed by atoms with Crippen LogP contribution in [0, 0.1) is 6.92 Å². The van der Waals surface area contributed by atoms with Gasteiger partial charge in [0.15, 0.2) is 4.80 Å². The van der Waals surface area contributed by atoms with E-state index < -0.39 is 12.0 Å². The smallest absolute Gasteiger partial charge is 0.335 e. The van der Waals surface area contributed by atoms with Crippen molar-refractivity contribution in [1.82, 2.24) is 4.57 Å². The van der Waals surface area contributed by atoms with Gasteiger partial charge in [0.25, 0.3) is 11.5 Å². The molecule has 2 aromatic heterocycles. The summed E-state index contributed by atoms with van der Waals surface area (Å²) in [5.41, 5.74) is 3.55. The molecule has 0 saturated heterocycles. The molecule has 0 spiro atoms. The molecule has 10 heteroatoms. The molecule has 1 amide bonds. The SMILES string of the molecule is CCOc1ccc([C@H]2C(C(=O)Nc3ccccc3)=C(C)N=c3s/c(=C\c4ccc(-c5cc(C(=O)O)ccc5C)o4)c(=O)n32)cc1. The fraction of sp³-hybridized carbons (Fsp3) is 0.143. The fourth-order valence-corrected chi connectivity index (χ4v) is 6.31. The van der Waals surface area contributed by atoms with Crippen molar-refractivity contribution in [3.05, 3.63) is 138 Å². The Morgan fingerprint density at radius 1 is 1.04 bits per heavy atom. The highest BCUT2D eigenvalue weighted by Crippen LogP contribution is 2.32. The molecule has 6 rings (SSSR count). The number of aromatic nitrogens is 1. The number of hydrogen-bond donors (Lipinski definition) is 2. The number of para-hydroxylation sites is 1. The maximum Gasteiger partial charge on any atom is 0.335 e. The number of nitrogens with zero attached hydrogens (tertiary/aromatic N) is 2. The third kappa shape index (κ3) is 5.87. The third-order valence-corrected chi connectivity index (χ3v) is 8.44. The quantitative estimate of drug-likeness (QED) is 0.235. The Hall–Kier alpha value is -5.48. The molecular formula is C35H29N3O6S. The van der Waals surface area contributed by atoms with Gasteiger partial charge in [0.05, 0.1) is 34.0 Å². The first-order valence-electron chi connectivity index (χ1n) is 14.3. The summed E-state index contributed by atoms with van der Waals surface area (Å²) in [5, 5.41) is 12.4. The van der Waals surface area contributed by atoms with E-state index in [0.29, 0.717) is 55.7 Å². The lowest BCUT2D eigenvalue weighted by Gasteiger charge is -2.25. The van der Waals surface area contributed by atoms with Gasteiger partial charge in [-0.25, -0.2) is 9.79 Å². The second-order valence-electron chi connectivity index (χ2n) is 10.4. The van der Waals surface area contributed by atoms with Crippen LogP contribution in [0.15, 0.2) is 110 Å². The number of carboxylic acids is 1. The van der Waals surface area contributed by atoms with Crippen LogP contribution in [0.2, 0.25) is 0 Å². The molecule has 226 valence electrons. The number of allylic oxidation sites excluding steroid dienone is 1.